The number of aromatic nitrogens is 1. The maximum absolute atomic E-state index is 13.6. The van der Waals surface area contributed by atoms with Gasteiger partial charge in [-0.15, -0.1) is 11.3 Å². The van der Waals surface area contributed by atoms with E-state index in [1.165, 1.54) is 22.7 Å². The highest BCUT2D eigenvalue weighted by Crippen LogP contribution is 2.38. The van der Waals surface area contributed by atoms with Gasteiger partial charge in [0, 0.05) is 37.0 Å². The molecule has 0 spiro atoms. The number of carbonyl (C=O) groups is 1. The minimum absolute atomic E-state index is 0.0759. The van der Waals surface area contributed by atoms with Gasteiger partial charge in [-0.1, -0.05) is 41.1 Å². The van der Waals surface area contributed by atoms with Crippen molar-refractivity contribution in [2.75, 3.05) is 24.2 Å². The first kappa shape index (κ1) is 28.0. The van der Waals surface area contributed by atoms with Crippen LogP contribution in [0.2, 0.25) is 5.02 Å². The third-order valence-corrected chi connectivity index (χ3v) is 11.4. The van der Waals surface area contributed by atoms with Crippen molar-refractivity contribution in [2.45, 2.75) is 42.7 Å². The number of ketones is 1. The summed E-state index contributed by atoms with van der Waals surface area (Å²) in [6.45, 7) is 0.657. The largest absolute Gasteiger partial charge is 0.381 e. The van der Waals surface area contributed by atoms with Crippen molar-refractivity contribution < 1.29 is 18.3 Å². The van der Waals surface area contributed by atoms with Gasteiger partial charge in [-0.05, 0) is 65.7 Å². The third-order valence-electron chi connectivity index (χ3n) is 7.20. The average molecular weight is 604 g/mol. The summed E-state index contributed by atoms with van der Waals surface area (Å²) >= 11 is 8.98. The minimum Gasteiger partial charge on any atom is -0.381 e. The predicted octanol–water partition coefficient (Wildman–Crippen LogP) is 5.36. The summed E-state index contributed by atoms with van der Waals surface area (Å²) in [6, 6.07) is 13.6. The minimum atomic E-state index is -3.66. The van der Waals surface area contributed by atoms with Crippen LogP contribution in [0.15, 0.2) is 63.8 Å². The first-order valence-corrected chi connectivity index (χ1v) is 16.5. The number of anilines is 1. The van der Waals surface area contributed by atoms with E-state index in [9.17, 15) is 18.3 Å². The number of aliphatic hydroxyl groups excluding tert-OH is 1. The number of thiophene rings is 1. The van der Waals surface area contributed by atoms with Gasteiger partial charge in [-0.2, -0.15) is 0 Å². The molecular formula is C28H30ClN3O4S3. The lowest BCUT2D eigenvalue weighted by molar-refractivity contribution is -0.120. The van der Waals surface area contributed by atoms with E-state index in [0.29, 0.717) is 23.7 Å². The lowest BCUT2D eigenvalue weighted by atomic mass is 9.97. The summed E-state index contributed by atoms with van der Waals surface area (Å²) in [5, 5.41) is 16.3. The molecule has 2 aromatic heterocycles. The van der Waals surface area contributed by atoms with Gasteiger partial charge in [-0.3, -0.25) is 9.79 Å². The van der Waals surface area contributed by atoms with E-state index >= 15 is 0 Å². The molecule has 1 N–H and O–H groups in total. The van der Waals surface area contributed by atoms with E-state index < -0.39 is 22.0 Å². The van der Waals surface area contributed by atoms with Crippen LogP contribution in [0.3, 0.4) is 0 Å². The predicted molar refractivity (Wildman–Crippen MR) is 159 cm³/mol. The Hall–Kier alpha value is -2.50. The van der Waals surface area contributed by atoms with E-state index in [-0.39, 0.29) is 22.9 Å². The van der Waals surface area contributed by atoms with Gasteiger partial charge >= 0.3 is 0 Å². The monoisotopic (exact) mass is 603 g/mol. The molecule has 2 aromatic carbocycles. The number of thiazole rings is 1. The molecule has 206 valence electrons. The number of nitrogens with zero attached hydrogens (tertiary/aromatic N) is 3. The number of Topliss-reactive ketones (excluding diaryl/α,β-unsaturated/α-hetero) is 1. The molecule has 4 aromatic rings. The summed E-state index contributed by atoms with van der Waals surface area (Å²) < 4.78 is 28.3. The second-order valence-corrected chi connectivity index (χ2v) is 14.1. The van der Waals surface area contributed by atoms with Crippen LogP contribution < -0.4 is 9.70 Å². The van der Waals surface area contributed by atoms with Crippen LogP contribution in [0.25, 0.3) is 10.8 Å². The van der Waals surface area contributed by atoms with E-state index in [0.717, 1.165) is 38.3 Å². The Morgan fingerprint density at radius 2 is 1.95 bits per heavy atom. The van der Waals surface area contributed by atoms with E-state index in [2.05, 4.69) is 9.89 Å². The Morgan fingerprint density at radius 1 is 1.18 bits per heavy atom. The summed E-state index contributed by atoms with van der Waals surface area (Å²) in [5.74, 6) is -0.360. The summed E-state index contributed by atoms with van der Waals surface area (Å²) in [4.78, 5) is 21.8. The summed E-state index contributed by atoms with van der Waals surface area (Å²) in [7, 11) is -0.0783. The zero-order valence-electron chi connectivity index (χ0n) is 21.7. The second-order valence-electron chi connectivity index (χ2n) is 9.67. The molecule has 1 aliphatic heterocycles. The lowest BCUT2D eigenvalue weighted by Gasteiger charge is -2.36. The molecule has 5 rings (SSSR count). The standard InChI is InChI=1S/C28H30ClN3O4S3/c1-30-28-31(2)25(26(34)24-7-5-14-37-24)27(38-28)32-13-4-3-6-22(32)23(33)12-15-39(35,36)21-11-9-18-16-20(29)10-8-19(18)17-21/h5,7-11,14,16-17,22,26,34H,3-4,6,12-13,15H2,1-2H3. The molecular weight excluding hydrogens is 574 g/mol. The number of fused-ring (bicyclic) bond motifs is 1. The van der Waals surface area contributed by atoms with Crippen LogP contribution in [0.4, 0.5) is 5.00 Å². The van der Waals surface area contributed by atoms with Crippen molar-refractivity contribution in [3.63, 3.8) is 0 Å². The highest BCUT2D eigenvalue weighted by molar-refractivity contribution is 7.91. The lowest BCUT2D eigenvalue weighted by Crippen LogP contribution is -2.45. The molecule has 1 aliphatic rings. The topological polar surface area (TPSA) is 92.0 Å². The van der Waals surface area contributed by atoms with Gasteiger partial charge in [-0.25, -0.2) is 8.42 Å². The molecule has 1 saturated heterocycles. The molecule has 0 bridgehead atoms. The van der Waals surface area contributed by atoms with Crippen LogP contribution >= 0.6 is 34.3 Å². The van der Waals surface area contributed by atoms with Crippen molar-refractivity contribution >= 4 is 65.7 Å². The van der Waals surface area contributed by atoms with Crippen molar-refractivity contribution in [2.24, 2.45) is 12.0 Å². The quantitative estimate of drug-likeness (QED) is 0.293. The highest BCUT2D eigenvalue weighted by Gasteiger charge is 2.34. The van der Waals surface area contributed by atoms with Crippen LogP contribution in [-0.2, 0) is 21.7 Å². The van der Waals surface area contributed by atoms with E-state index in [4.69, 9.17) is 11.6 Å². The molecule has 7 nitrogen and oxygen atoms in total. The molecule has 0 saturated carbocycles. The summed E-state index contributed by atoms with van der Waals surface area (Å²) in [6.07, 6.45) is 1.52. The normalized spacial score (nSPS) is 17.6. The van der Waals surface area contributed by atoms with Gasteiger partial charge in [0.15, 0.2) is 20.4 Å². The molecule has 3 heterocycles. The Labute approximate surface area is 240 Å². The Kier molecular flexibility index (Phi) is 8.30. The number of aliphatic hydroxyl groups is 1. The first-order valence-electron chi connectivity index (χ1n) is 12.7. The fourth-order valence-electron chi connectivity index (χ4n) is 5.15. The molecule has 0 amide bonds. The number of carbonyl (C=O) groups excluding carboxylic acids is 1. The zero-order valence-corrected chi connectivity index (χ0v) is 24.9. The molecule has 2 atom stereocenters. The maximum atomic E-state index is 13.6. The van der Waals surface area contributed by atoms with Crippen LogP contribution in [-0.4, -0.2) is 49.3 Å². The van der Waals surface area contributed by atoms with Gasteiger partial charge in [0.25, 0.3) is 0 Å². The molecule has 0 radical (unpaired) electrons. The third kappa shape index (κ3) is 5.71. The highest BCUT2D eigenvalue weighted by atomic mass is 35.5. The van der Waals surface area contributed by atoms with Crippen molar-refractivity contribution in [1.29, 1.82) is 0 Å². The smallest absolute Gasteiger partial charge is 0.186 e. The molecule has 0 aliphatic carbocycles. The van der Waals surface area contributed by atoms with Crippen molar-refractivity contribution in [1.82, 2.24) is 4.57 Å². The number of benzene rings is 2. The maximum Gasteiger partial charge on any atom is 0.186 e. The number of hydrogen-bond acceptors (Lipinski definition) is 8. The van der Waals surface area contributed by atoms with Gasteiger partial charge in [0.2, 0.25) is 0 Å². The Balaban J connectivity index is 1.39. The summed E-state index contributed by atoms with van der Waals surface area (Å²) in [5.41, 5.74) is 0.701. The van der Waals surface area contributed by atoms with Crippen LogP contribution in [0.1, 0.15) is 42.4 Å². The first-order chi connectivity index (χ1) is 18.7. The number of sulfone groups is 1. The van der Waals surface area contributed by atoms with Crippen LogP contribution in [0, 0.1) is 0 Å². The van der Waals surface area contributed by atoms with E-state index in [1.54, 1.807) is 43.4 Å². The fourth-order valence-corrected chi connectivity index (χ4v) is 8.52. The molecule has 11 heteroatoms. The van der Waals surface area contributed by atoms with Crippen molar-refractivity contribution in [3.05, 3.63) is 74.3 Å². The second kappa shape index (κ2) is 11.5. The van der Waals surface area contributed by atoms with Crippen LogP contribution in [0.5, 0.6) is 0 Å². The SMILES string of the molecule is CN=c1sc(N2CCCCC2C(=O)CCS(=O)(=O)c2ccc3cc(Cl)ccc3c2)c(C(O)c2cccs2)n1C. The van der Waals surface area contributed by atoms with Gasteiger partial charge in [0.05, 0.1) is 22.4 Å². The van der Waals surface area contributed by atoms with E-state index in [1.807, 2.05) is 29.1 Å². The number of piperidine rings is 1. The number of halogens is 1. The average Bonchev–Trinajstić information content (AvgIpc) is 3.59. The molecule has 1 fully saturated rings. The fraction of sp³-hybridized carbons (Fsp3) is 0.357. The molecule has 2 unspecified atom stereocenters. The molecule has 39 heavy (non-hydrogen) atoms. The number of rotatable bonds is 8. The Bertz CT molecular complexity index is 1680. The van der Waals surface area contributed by atoms with Crippen molar-refractivity contribution in [3.8, 4) is 0 Å². The van der Waals surface area contributed by atoms with Gasteiger partial charge in [0.1, 0.15) is 11.1 Å². The zero-order chi connectivity index (χ0) is 27.7. The number of hydrogen-bond donors (Lipinski definition) is 1. The van der Waals surface area contributed by atoms with Gasteiger partial charge < -0.3 is 14.6 Å². The Morgan fingerprint density at radius 3 is 2.69 bits per heavy atom.